The van der Waals surface area contributed by atoms with E-state index in [1.165, 1.54) is 12.8 Å². The monoisotopic (exact) mass is 332 g/mol. The first kappa shape index (κ1) is 17.5. The van der Waals surface area contributed by atoms with Crippen molar-refractivity contribution in [2.45, 2.75) is 32.0 Å². The first-order valence-corrected chi connectivity index (χ1v) is 7.48. The molecule has 0 aromatic carbocycles. The van der Waals surface area contributed by atoms with Gasteiger partial charge < -0.3 is 14.6 Å². The summed E-state index contributed by atoms with van der Waals surface area (Å²) in [5.41, 5.74) is -1.61. The molecule has 1 amide bonds. The van der Waals surface area contributed by atoms with Crippen LogP contribution in [0.25, 0.3) is 0 Å². The highest BCUT2D eigenvalue weighted by Crippen LogP contribution is 2.29. The molecule has 0 bridgehead atoms. The number of nitrogens with zero attached hydrogens (tertiary/aromatic N) is 1. The fraction of sp³-hybridized carbons (Fsp3) is 0.600. The Morgan fingerprint density at radius 2 is 2.09 bits per heavy atom. The van der Waals surface area contributed by atoms with Gasteiger partial charge in [-0.2, -0.15) is 13.2 Å². The maximum absolute atomic E-state index is 12.6. The lowest BCUT2D eigenvalue weighted by atomic mass is 10.2. The van der Waals surface area contributed by atoms with Crippen LogP contribution in [0.15, 0.2) is 23.1 Å². The molecular weight excluding hydrogens is 313 g/mol. The van der Waals surface area contributed by atoms with Crippen LogP contribution in [0.5, 0.6) is 0 Å². The van der Waals surface area contributed by atoms with Crippen molar-refractivity contribution in [1.29, 1.82) is 0 Å². The van der Waals surface area contributed by atoms with Crippen LogP contribution in [0, 0.1) is 5.92 Å². The van der Waals surface area contributed by atoms with Crippen LogP contribution in [0.1, 0.15) is 24.8 Å². The van der Waals surface area contributed by atoms with E-state index in [1.807, 2.05) is 0 Å². The highest BCUT2D eigenvalue weighted by Gasteiger charge is 2.31. The number of aromatic nitrogens is 1. The molecule has 1 aromatic heterocycles. The molecule has 0 aliphatic heterocycles. The van der Waals surface area contributed by atoms with Gasteiger partial charge >= 0.3 is 6.18 Å². The fourth-order valence-corrected chi connectivity index (χ4v) is 1.97. The minimum atomic E-state index is -4.55. The van der Waals surface area contributed by atoms with Crippen LogP contribution in [0.4, 0.5) is 13.2 Å². The Morgan fingerprint density at radius 1 is 1.35 bits per heavy atom. The van der Waals surface area contributed by atoms with Gasteiger partial charge in [0.1, 0.15) is 6.54 Å². The number of carbonyl (C=O) groups is 1. The molecule has 0 unspecified atom stereocenters. The van der Waals surface area contributed by atoms with Gasteiger partial charge in [-0.1, -0.05) is 0 Å². The number of pyridine rings is 1. The predicted octanol–water partition coefficient (Wildman–Crippen LogP) is 1.80. The zero-order valence-electron chi connectivity index (χ0n) is 12.6. The molecule has 1 aliphatic carbocycles. The maximum atomic E-state index is 12.6. The quantitative estimate of drug-likeness (QED) is 0.739. The molecule has 0 spiro atoms. The third-order valence-corrected chi connectivity index (χ3v) is 3.46. The maximum Gasteiger partial charge on any atom is 0.417 e. The average molecular weight is 332 g/mol. The summed E-state index contributed by atoms with van der Waals surface area (Å²) in [4.78, 5) is 23.2. The van der Waals surface area contributed by atoms with E-state index in [4.69, 9.17) is 4.74 Å². The summed E-state index contributed by atoms with van der Waals surface area (Å²) in [6, 6.07) is 1.51. The van der Waals surface area contributed by atoms with Gasteiger partial charge in [-0.05, 0) is 31.2 Å². The summed E-state index contributed by atoms with van der Waals surface area (Å²) < 4.78 is 43.9. The largest absolute Gasteiger partial charge is 0.417 e. The second-order valence-corrected chi connectivity index (χ2v) is 5.60. The minimum Gasteiger partial charge on any atom is -0.381 e. The topological polar surface area (TPSA) is 60.3 Å². The lowest BCUT2D eigenvalue weighted by Crippen LogP contribution is -2.33. The van der Waals surface area contributed by atoms with E-state index in [-0.39, 0.29) is 0 Å². The summed E-state index contributed by atoms with van der Waals surface area (Å²) in [7, 11) is 0. The van der Waals surface area contributed by atoms with Gasteiger partial charge in [0.05, 0.1) is 5.56 Å². The average Bonchev–Trinajstić information content (AvgIpc) is 3.28. The van der Waals surface area contributed by atoms with Gasteiger partial charge in [0.15, 0.2) is 0 Å². The number of alkyl halides is 3. The van der Waals surface area contributed by atoms with E-state index in [0.717, 1.165) is 17.2 Å². The molecule has 8 heteroatoms. The van der Waals surface area contributed by atoms with Gasteiger partial charge in [-0.15, -0.1) is 0 Å². The Labute approximate surface area is 131 Å². The number of halogens is 3. The normalized spacial score (nSPS) is 14.7. The van der Waals surface area contributed by atoms with E-state index in [9.17, 15) is 22.8 Å². The molecule has 0 radical (unpaired) electrons. The molecule has 1 heterocycles. The number of ether oxygens (including phenoxy) is 1. The molecule has 1 fully saturated rings. The van der Waals surface area contributed by atoms with Crippen molar-refractivity contribution in [2.24, 2.45) is 5.92 Å². The molecule has 0 atom stereocenters. The van der Waals surface area contributed by atoms with Crippen molar-refractivity contribution >= 4 is 5.91 Å². The number of amides is 1. The van der Waals surface area contributed by atoms with Crippen LogP contribution in [-0.2, 0) is 22.3 Å². The Bertz CT molecular complexity index is 594. The molecule has 5 nitrogen and oxygen atoms in total. The summed E-state index contributed by atoms with van der Waals surface area (Å²) in [6.45, 7) is 1.19. The first-order chi connectivity index (χ1) is 10.9. The van der Waals surface area contributed by atoms with E-state index in [0.29, 0.717) is 37.8 Å². The van der Waals surface area contributed by atoms with Crippen LogP contribution in [-0.4, -0.2) is 30.2 Å². The SMILES string of the molecule is O=C(Cn1cc(C(F)(F)F)ccc1=O)NCCCOCC1CC1. The Balaban J connectivity index is 1.74. The second-order valence-electron chi connectivity index (χ2n) is 5.60. The van der Waals surface area contributed by atoms with Crippen molar-refractivity contribution in [1.82, 2.24) is 9.88 Å². The summed E-state index contributed by atoms with van der Waals surface area (Å²) >= 11 is 0. The van der Waals surface area contributed by atoms with Crippen molar-refractivity contribution in [3.8, 4) is 0 Å². The molecule has 0 saturated heterocycles. The standard InChI is InChI=1S/C15H19F3N2O3/c16-15(17,18)12-4-5-14(22)20(8-12)9-13(21)19-6-1-7-23-10-11-2-3-11/h4-5,8,11H,1-3,6-7,9-10H2,(H,19,21). The Kier molecular flexibility index (Phi) is 5.81. The summed E-state index contributed by atoms with van der Waals surface area (Å²) in [5, 5.41) is 2.56. The zero-order chi connectivity index (χ0) is 16.9. The molecule has 1 saturated carbocycles. The zero-order valence-corrected chi connectivity index (χ0v) is 12.6. The Morgan fingerprint density at radius 3 is 2.74 bits per heavy atom. The van der Waals surface area contributed by atoms with E-state index < -0.39 is 29.8 Å². The lowest BCUT2D eigenvalue weighted by Gasteiger charge is -2.11. The molecule has 2 rings (SSSR count). The van der Waals surface area contributed by atoms with Crippen LogP contribution in [0.3, 0.4) is 0 Å². The molecule has 1 N–H and O–H groups in total. The highest BCUT2D eigenvalue weighted by molar-refractivity contribution is 5.75. The number of nitrogens with one attached hydrogen (secondary N) is 1. The number of rotatable bonds is 8. The van der Waals surface area contributed by atoms with Gasteiger partial charge in [-0.25, -0.2) is 0 Å². The van der Waals surface area contributed by atoms with E-state index in [2.05, 4.69) is 5.32 Å². The molecule has 128 valence electrons. The first-order valence-electron chi connectivity index (χ1n) is 7.48. The molecule has 1 aliphatic rings. The van der Waals surface area contributed by atoms with Gasteiger partial charge in [0.25, 0.3) is 5.56 Å². The van der Waals surface area contributed by atoms with Crippen molar-refractivity contribution < 1.29 is 22.7 Å². The summed E-state index contributed by atoms with van der Waals surface area (Å²) in [5.74, 6) is 0.172. The molecule has 23 heavy (non-hydrogen) atoms. The number of hydrogen-bond donors (Lipinski definition) is 1. The van der Waals surface area contributed by atoms with Crippen molar-refractivity contribution in [3.05, 3.63) is 34.2 Å². The third kappa shape index (κ3) is 6.05. The number of carbonyl (C=O) groups excluding carboxylic acids is 1. The van der Waals surface area contributed by atoms with Crippen molar-refractivity contribution in [3.63, 3.8) is 0 Å². The molecule has 1 aromatic rings. The lowest BCUT2D eigenvalue weighted by molar-refractivity contribution is -0.138. The molecular formula is C15H19F3N2O3. The highest BCUT2D eigenvalue weighted by atomic mass is 19.4. The fourth-order valence-electron chi connectivity index (χ4n) is 1.97. The third-order valence-electron chi connectivity index (χ3n) is 3.46. The summed E-state index contributed by atoms with van der Waals surface area (Å²) in [6.07, 6.45) is -0.855. The van der Waals surface area contributed by atoms with E-state index >= 15 is 0 Å². The van der Waals surface area contributed by atoms with E-state index in [1.54, 1.807) is 0 Å². The predicted molar refractivity (Wildman–Crippen MR) is 76.9 cm³/mol. The van der Waals surface area contributed by atoms with Crippen LogP contribution >= 0.6 is 0 Å². The van der Waals surface area contributed by atoms with Crippen molar-refractivity contribution in [2.75, 3.05) is 19.8 Å². The van der Waals surface area contributed by atoms with Crippen LogP contribution in [0.2, 0.25) is 0 Å². The number of hydrogen-bond acceptors (Lipinski definition) is 3. The minimum absolute atomic E-state index is 0.358. The second kappa shape index (κ2) is 7.63. The van der Waals surface area contributed by atoms with Gasteiger partial charge in [0.2, 0.25) is 5.91 Å². The van der Waals surface area contributed by atoms with Crippen LogP contribution < -0.4 is 10.9 Å². The Hall–Kier alpha value is -1.83. The van der Waals surface area contributed by atoms with Gasteiger partial charge in [0, 0.05) is 32.0 Å². The smallest absolute Gasteiger partial charge is 0.381 e. The van der Waals surface area contributed by atoms with Gasteiger partial charge in [-0.3, -0.25) is 9.59 Å².